The Morgan fingerprint density at radius 3 is 2.72 bits per heavy atom. The highest BCUT2D eigenvalue weighted by molar-refractivity contribution is 5.84. The third-order valence-corrected chi connectivity index (χ3v) is 6.85. The number of carbonyl (C=O) groups is 1. The van der Waals surface area contributed by atoms with Crippen molar-refractivity contribution in [2.45, 2.75) is 58.0 Å². The van der Waals surface area contributed by atoms with Crippen LogP contribution in [0.3, 0.4) is 0 Å². The maximum absolute atomic E-state index is 12.6. The van der Waals surface area contributed by atoms with Gasteiger partial charge in [-0.1, -0.05) is 57.0 Å². The highest BCUT2D eigenvalue weighted by atomic mass is 16.5. The first-order chi connectivity index (χ1) is 15.3. The van der Waals surface area contributed by atoms with Crippen molar-refractivity contribution in [1.82, 2.24) is 5.32 Å². The first kappa shape index (κ1) is 22.3. The van der Waals surface area contributed by atoms with Gasteiger partial charge in [0.1, 0.15) is 5.66 Å². The van der Waals surface area contributed by atoms with Crippen molar-refractivity contribution in [2.24, 2.45) is 0 Å². The van der Waals surface area contributed by atoms with Crippen LogP contribution < -0.4 is 19.7 Å². The fraction of sp³-hybridized carbons (Fsp3) is 0.444. The Morgan fingerprint density at radius 2 is 1.97 bits per heavy atom. The Bertz CT molecular complexity index is 1040. The van der Waals surface area contributed by atoms with Gasteiger partial charge in [-0.2, -0.15) is 0 Å². The molecule has 0 unspecified atom stereocenters. The van der Waals surface area contributed by atoms with E-state index in [1.54, 1.807) is 7.11 Å². The minimum absolute atomic E-state index is 0.0840. The number of anilines is 1. The molecule has 1 N–H and O–H groups in total. The zero-order valence-electron chi connectivity index (χ0n) is 19.8. The third kappa shape index (κ3) is 3.64. The van der Waals surface area contributed by atoms with Crippen LogP contribution in [0.15, 0.2) is 42.5 Å². The highest BCUT2D eigenvalue weighted by Crippen LogP contribution is 2.52. The molecule has 1 fully saturated rings. The monoisotopic (exact) mass is 434 g/mol. The molecule has 1 amide bonds. The summed E-state index contributed by atoms with van der Waals surface area (Å²) < 4.78 is 11.4. The van der Waals surface area contributed by atoms with Crippen molar-refractivity contribution < 1.29 is 14.3 Å². The molecule has 0 spiro atoms. The van der Waals surface area contributed by atoms with Crippen LogP contribution >= 0.6 is 0 Å². The minimum atomic E-state index is -0.623. The predicted molar refractivity (Wildman–Crippen MR) is 129 cm³/mol. The average molecular weight is 435 g/mol. The van der Waals surface area contributed by atoms with Gasteiger partial charge in [0.15, 0.2) is 11.5 Å². The maximum Gasteiger partial charge on any atom is 0.223 e. The lowest BCUT2D eigenvalue weighted by molar-refractivity contribution is -0.124. The Kier molecular flexibility index (Phi) is 5.93. The maximum atomic E-state index is 12.6. The number of amides is 1. The van der Waals surface area contributed by atoms with E-state index in [4.69, 9.17) is 9.47 Å². The molecule has 5 nitrogen and oxygen atoms in total. The van der Waals surface area contributed by atoms with Crippen molar-refractivity contribution in [3.05, 3.63) is 59.2 Å². The second-order valence-corrected chi connectivity index (χ2v) is 9.31. The molecule has 2 aromatic rings. The molecule has 1 atom stereocenters. The number of aryl methyl sites for hydroxylation is 1. The number of benzene rings is 2. The molecular weight excluding hydrogens is 400 g/mol. The summed E-state index contributed by atoms with van der Waals surface area (Å²) in [6.07, 6.45) is 6.82. The van der Waals surface area contributed by atoms with Crippen LogP contribution in [0.25, 0.3) is 6.08 Å². The molecule has 170 valence electrons. The molecule has 0 radical (unpaired) electrons. The molecule has 4 rings (SSSR count). The molecule has 2 aliphatic rings. The standard InChI is InChI=1S/C27H34N2O3/c1-6-7-16-32-23-11-9-20(18-24(23)31-5)12-14-27-26(3,4)21-17-19(2)8-10-22(21)29(27)15-13-25(30)28-27/h8-12,14,17-18H,6-7,13,15-16H2,1-5H3,(H,28,30)/t27-/m0/s1. The van der Waals surface area contributed by atoms with Crippen molar-refractivity contribution in [1.29, 1.82) is 0 Å². The number of carbonyl (C=O) groups excluding carboxylic acids is 1. The Hall–Kier alpha value is -2.95. The average Bonchev–Trinajstić information content (AvgIpc) is 2.96. The fourth-order valence-corrected chi connectivity index (χ4v) is 4.92. The molecule has 2 aliphatic heterocycles. The van der Waals surface area contributed by atoms with Gasteiger partial charge in [-0.05, 0) is 48.7 Å². The van der Waals surface area contributed by atoms with Crippen LogP contribution in [0.4, 0.5) is 5.69 Å². The molecule has 32 heavy (non-hydrogen) atoms. The van der Waals surface area contributed by atoms with Gasteiger partial charge in [0.25, 0.3) is 0 Å². The number of rotatable bonds is 7. The highest BCUT2D eigenvalue weighted by Gasteiger charge is 2.57. The van der Waals surface area contributed by atoms with E-state index in [-0.39, 0.29) is 11.3 Å². The fourth-order valence-electron chi connectivity index (χ4n) is 4.92. The summed E-state index contributed by atoms with van der Waals surface area (Å²) in [6, 6.07) is 12.6. The number of hydrogen-bond donors (Lipinski definition) is 1. The Balaban J connectivity index is 1.70. The number of fused-ring (bicyclic) bond motifs is 3. The van der Waals surface area contributed by atoms with Gasteiger partial charge in [-0.25, -0.2) is 0 Å². The molecule has 5 heteroatoms. The molecule has 2 heterocycles. The smallest absolute Gasteiger partial charge is 0.223 e. The lowest BCUT2D eigenvalue weighted by atomic mass is 9.74. The van der Waals surface area contributed by atoms with Crippen LogP contribution in [0.2, 0.25) is 0 Å². The van der Waals surface area contributed by atoms with Crippen molar-refractivity contribution in [3.8, 4) is 11.5 Å². The van der Waals surface area contributed by atoms with Gasteiger partial charge in [-0.15, -0.1) is 0 Å². The number of hydrogen-bond acceptors (Lipinski definition) is 4. The molecule has 0 bridgehead atoms. The summed E-state index contributed by atoms with van der Waals surface area (Å²) >= 11 is 0. The second-order valence-electron chi connectivity index (χ2n) is 9.31. The van der Waals surface area contributed by atoms with Crippen LogP contribution in [0, 0.1) is 6.92 Å². The Labute approximate surface area is 191 Å². The number of unbranched alkanes of at least 4 members (excludes halogenated alkanes) is 1. The van der Waals surface area contributed by atoms with Crippen LogP contribution in [-0.4, -0.2) is 31.8 Å². The van der Waals surface area contributed by atoms with Gasteiger partial charge in [-0.3, -0.25) is 4.79 Å². The van der Waals surface area contributed by atoms with Crippen LogP contribution in [0.5, 0.6) is 11.5 Å². The van der Waals surface area contributed by atoms with E-state index >= 15 is 0 Å². The lowest BCUT2D eigenvalue weighted by Gasteiger charge is -2.49. The summed E-state index contributed by atoms with van der Waals surface area (Å²) in [6.45, 7) is 10.1. The van der Waals surface area contributed by atoms with Gasteiger partial charge >= 0.3 is 0 Å². The lowest BCUT2D eigenvalue weighted by Crippen LogP contribution is -2.68. The summed E-state index contributed by atoms with van der Waals surface area (Å²) in [5.41, 5.74) is 3.77. The molecular formula is C27H34N2O3. The van der Waals surface area contributed by atoms with Gasteiger partial charge in [0.05, 0.1) is 13.7 Å². The van der Waals surface area contributed by atoms with E-state index in [2.05, 4.69) is 68.3 Å². The van der Waals surface area contributed by atoms with Gasteiger partial charge in [0, 0.05) is 24.1 Å². The molecule has 1 saturated heterocycles. The quantitative estimate of drug-likeness (QED) is 0.608. The molecule has 0 aliphatic carbocycles. The normalized spacial score (nSPS) is 21.3. The van der Waals surface area contributed by atoms with Gasteiger partial charge in [0.2, 0.25) is 5.91 Å². The summed E-state index contributed by atoms with van der Waals surface area (Å²) in [4.78, 5) is 14.9. The van der Waals surface area contributed by atoms with Crippen LogP contribution in [-0.2, 0) is 10.2 Å². The topological polar surface area (TPSA) is 50.8 Å². The zero-order valence-corrected chi connectivity index (χ0v) is 19.8. The van der Waals surface area contributed by atoms with Crippen LogP contribution in [0.1, 0.15) is 56.7 Å². The van der Waals surface area contributed by atoms with E-state index in [1.165, 1.54) is 16.8 Å². The SMILES string of the molecule is CCCCOc1ccc(C=C[C@]23NC(=O)CCN2c2ccc(C)cc2C3(C)C)cc1OC. The van der Waals surface area contributed by atoms with Crippen molar-refractivity contribution >= 4 is 17.7 Å². The van der Waals surface area contributed by atoms with E-state index < -0.39 is 5.66 Å². The van der Waals surface area contributed by atoms with Gasteiger partial charge < -0.3 is 19.7 Å². The predicted octanol–water partition coefficient (Wildman–Crippen LogP) is 5.21. The second kappa shape index (κ2) is 8.53. The molecule has 0 aromatic heterocycles. The van der Waals surface area contributed by atoms with E-state index in [0.29, 0.717) is 19.6 Å². The summed E-state index contributed by atoms with van der Waals surface area (Å²) in [7, 11) is 1.66. The number of nitrogens with one attached hydrogen (secondary N) is 1. The van der Waals surface area contributed by atoms with Crippen molar-refractivity contribution in [2.75, 3.05) is 25.2 Å². The third-order valence-electron chi connectivity index (χ3n) is 6.85. The molecule has 0 saturated carbocycles. The zero-order chi connectivity index (χ0) is 22.9. The summed E-state index contributed by atoms with van der Waals surface area (Å²) in [5.74, 6) is 1.56. The molecule has 2 aromatic carbocycles. The Morgan fingerprint density at radius 1 is 1.16 bits per heavy atom. The number of methoxy groups -OCH3 is 1. The van der Waals surface area contributed by atoms with E-state index in [0.717, 1.165) is 29.9 Å². The van der Waals surface area contributed by atoms with E-state index in [9.17, 15) is 4.79 Å². The van der Waals surface area contributed by atoms with E-state index in [1.807, 2.05) is 18.2 Å². The number of ether oxygens (including phenoxy) is 2. The largest absolute Gasteiger partial charge is 0.493 e. The van der Waals surface area contributed by atoms with Crippen molar-refractivity contribution in [3.63, 3.8) is 0 Å². The minimum Gasteiger partial charge on any atom is -0.493 e. The first-order valence-corrected chi connectivity index (χ1v) is 11.5. The first-order valence-electron chi connectivity index (χ1n) is 11.5. The summed E-state index contributed by atoms with van der Waals surface area (Å²) in [5, 5.41) is 3.34. The number of nitrogens with zero attached hydrogens (tertiary/aromatic N) is 1.